The molecule has 1 fully saturated rings. The number of rotatable bonds is 4. The third-order valence-corrected chi connectivity index (χ3v) is 4.57. The lowest BCUT2D eigenvalue weighted by molar-refractivity contribution is 0.138. The van der Waals surface area contributed by atoms with Crippen LogP contribution >= 0.6 is 23.2 Å². The van der Waals surface area contributed by atoms with E-state index in [1.807, 2.05) is 18.2 Å². The van der Waals surface area contributed by atoms with E-state index < -0.39 is 6.09 Å². The molecule has 1 amide bonds. The van der Waals surface area contributed by atoms with E-state index >= 15 is 0 Å². The lowest BCUT2D eigenvalue weighted by atomic mass is 9.72. The van der Waals surface area contributed by atoms with Gasteiger partial charge in [0.2, 0.25) is 0 Å². The second-order valence-electron chi connectivity index (χ2n) is 5.11. The van der Waals surface area contributed by atoms with E-state index in [1.54, 1.807) is 0 Å². The summed E-state index contributed by atoms with van der Waals surface area (Å²) in [7, 11) is 0. The maximum absolute atomic E-state index is 10.7. The van der Waals surface area contributed by atoms with Crippen LogP contribution in [-0.4, -0.2) is 25.8 Å². The van der Waals surface area contributed by atoms with Gasteiger partial charge in [0.15, 0.2) is 0 Å². The number of piperidine rings is 1. The van der Waals surface area contributed by atoms with Gasteiger partial charge in [0.25, 0.3) is 0 Å². The van der Waals surface area contributed by atoms with Gasteiger partial charge < -0.3 is 15.8 Å². The third kappa shape index (κ3) is 3.57. The minimum Gasteiger partial charge on any atom is -0.450 e. The number of halogens is 2. The summed E-state index contributed by atoms with van der Waals surface area (Å²) in [6.45, 7) is 2.13. The first kappa shape index (κ1) is 15.4. The SMILES string of the molecule is NC(=O)OCC[C@]1(c2ccc(Cl)c(Cl)c2)CCCNC1. The predicted octanol–water partition coefficient (Wildman–Crippen LogP) is 3.10. The van der Waals surface area contributed by atoms with Crippen LogP contribution in [0.2, 0.25) is 10.0 Å². The lowest BCUT2D eigenvalue weighted by Crippen LogP contribution is -2.44. The standard InChI is InChI=1S/C14H18Cl2N2O2/c15-11-3-2-10(8-12(11)16)14(4-1-6-18-9-14)5-7-20-13(17)19/h2-3,8,18H,1,4-7,9H2,(H2,17,19)/t14-/m1/s1. The molecule has 2 rings (SSSR count). The fourth-order valence-electron chi connectivity index (χ4n) is 2.74. The summed E-state index contributed by atoms with van der Waals surface area (Å²) in [6, 6.07) is 5.71. The number of nitrogens with two attached hydrogens (primary N) is 1. The fourth-order valence-corrected chi connectivity index (χ4v) is 3.04. The molecule has 1 aromatic rings. The van der Waals surface area contributed by atoms with Gasteiger partial charge in [-0.05, 0) is 43.5 Å². The van der Waals surface area contributed by atoms with Gasteiger partial charge in [-0.3, -0.25) is 0 Å². The summed E-state index contributed by atoms with van der Waals surface area (Å²) in [5, 5.41) is 4.49. The number of nitrogens with one attached hydrogen (secondary N) is 1. The second-order valence-corrected chi connectivity index (χ2v) is 5.92. The minimum atomic E-state index is -0.738. The highest BCUT2D eigenvalue weighted by molar-refractivity contribution is 6.42. The molecule has 110 valence electrons. The van der Waals surface area contributed by atoms with Gasteiger partial charge in [-0.1, -0.05) is 29.3 Å². The number of amides is 1. The molecule has 0 saturated carbocycles. The van der Waals surface area contributed by atoms with Crippen molar-refractivity contribution in [3.8, 4) is 0 Å². The zero-order valence-corrected chi connectivity index (χ0v) is 12.6. The Labute approximate surface area is 128 Å². The maximum Gasteiger partial charge on any atom is 0.404 e. The normalized spacial score (nSPS) is 22.5. The number of ether oxygens (including phenoxy) is 1. The monoisotopic (exact) mass is 316 g/mol. The van der Waals surface area contributed by atoms with Crippen LogP contribution in [0.25, 0.3) is 0 Å². The predicted molar refractivity (Wildman–Crippen MR) is 80.4 cm³/mol. The molecule has 1 heterocycles. The first-order chi connectivity index (χ1) is 9.53. The zero-order chi connectivity index (χ0) is 14.6. The van der Waals surface area contributed by atoms with Crippen LogP contribution in [-0.2, 0) is 10.2 Å². The Morgan fingerprint density at radius 3 is 2.80 bits per heavy atom. The van der Waals surface area contributed by atoms with Gasteiger partial charge in [-0.2, -0.15) is 0 Å². The van der Waals surface area contributed by atoms with Crippen LogP contribution < -0.4 is 11.1 Å². The number of carbonyl (C=O) groups is 1. The van der Waals surface area contributed by atoms with E-state index in [0.29, 0.717) is 23.1 Å². The van der Waals surface area contributed by atoms with Crippen molar-refractivity contribution in [3.05, 3.63) is 33.8 Å². The van der Waals surface area contributed by atoms with Gasteiger partial charge in [0.05, 0.1) is 16.7 Å². The molecule has 0 unspecified atom stereocenters. The Kier molecular flexibility index (Phi) is 5.13. The average Bonchev–Trinajstić information content (AvgIpc) is 2.42. The largest absolute Gasteiger partial charge is 0.450 e. The van der Waals surface area contributed by atoms with Crippen molar-refractivity contribution < 1.29 is 9.53 Å². The Morgan fingerprint density at radius 2 is 2.20 bits per heavy atom. The van der Waals surface area contributed by atoms with Crippen molar-refractivity contribution in [3.63, 3.8) is 0 Å². The van der Waals surface area contributed by atoms with Crippen molar-refractivity contribution in [2.45, 2.75) is 24.7 Å². The summed E-state index contributed by atoms with van der Waals surface area (Å²) >= 11 is 12.1. The van der Waals surface area contributed by atoms with Crippen LogP contribution in [0.5, 0.6) is 0 Å². The average molecular weight is 317 g/mol. The van der Waals surface area contributed by atoms with Crippen LogP contribution in [0.15, 0.2) is 18.2 Å². The molecule has 1 saturated heterocycles. The molecule has 4 nitrogen and oxygen atoms in total. The topological polar surface area (TPSA) is 64.4 Å². The van der Waals surface area contributed by atoms with Gasteiger partial charge in [0, 0.05) is 12.0 Å². The molecule has 0 spiro atoms. The van der Waals surface area contributed by atoms with Crippen molar-refractivity contribution in [2.75, 3.05) is 19.7 Å². The van der Waals surface area contributed by atoms with Crippen LogP contribution in [0.1, 0.15) is 24.8 Å². The molecule has 0 bridgehead atoms. The van der Waals surface area contributed by atoms with Crippen molar-refractivity contribution >= 4 is 29.3 Å². The second kappa shape index (κ2) is 6.66. The van der Waals surface area contributed by atoms with E-state index in [2.05, 4.69) is 5.32 Å². The summed E-state index contributed by atoms with van der Waals surface area (Å²) in [5.74, 6) is 0. The molecule has 1 aromatic carbocycles. The summed E-state index contributed by atoms with van der Waals surface area (Å²) in [5.41, 5.74) is 6.04. The molecule has 1 atom stereocenters. The molecule has 0 aliphatic carbocycles. The molecule has 0 aromatic heterocycles. The quantitative estimate of drug-likeness (QED) is 0.897. The third-order valence-electron chi connectivity index (χ3n) is 3.83. The Morgan fingerprint density at radius 1 is 1.40 bits per heavy atom. The summed E-state index contributed by atoms with van der Waals surface area (Å²) in [4.78, 5) is 10.7. The first-order valence-electron chi connectivity index (χ1n) is 6.62. The number of benzene rings is 1. The van der Waals surface area contributed by atoms with Crippen molar-refractivity contribution in [1.82, 2.24) is 5.32 Å². The van der Waals surface area contributed by atoms with E-state index in [4.69, 9.17) is 33.7 Å². The number of hydrogen-bond donors (Lipinski definition) is 2. The smallest absolute Gasteiger partial charge is 0.404 e. The Bertz CT molecular complexity index is 488. The van der Waals surface area contributed by atoms with Crippen molar-refractivity contribution in [1.29, 1.82) is 0 Å². The molecule has 1 aliphatic heterocycles. The Balaban J connectivity index is 2.21. The zero-order valence-electron chi connectivity index (χ0n) is 11.1. The number of primary amides is 1. The molecule has 0 radical (unpaired) electrons. The highest BCUT2D eigenvalue weighted by atomic mass is 35.5. The fraction of sp³-hybridized carbons (Fsp3) is 0.500. The summed E-state index contributed by atoms with van der Waals surface area (Å²) in [6.07, 6.45) is 2.05. The molecule has 3 N–H and O–H groups in total. The maximum atomic E-state index is 10.7. The summed E-state index contributed by atoms with van der Waals surface area (Å²) < 4.78 is 4.90. The number of carbonyl (C=O) groups excluding carboxylic acids is 1. The molecular weight excluding hydrogens is 299 g/mol. The highest BCUT2D eigenvalue weighted by Crippen LogP contribution is 2.37. The van der Waals surface area contributed by atoms with E-state index in [9.17, 15) is 4.79 Å². The van der Waals surface area contributed by atoms with Gasteiger partial charge >= 0.3 is 6.09 Å². The van der Waals surface area contributed by atoms with Gasteiger partial charge in [-0.25, -0.2) is 4.79 Å². The first-order valence-corrected chi connectivity index (χ1v) is 7.38. The van der Waals surface area contributed by atoms with Gasteiger partial charge in [-0.15, -0.1) is 0 Å². The lowest BCUT2D eigenvalue weighted by Gasteiger charge is -2.38. The highest BCUT2D eigenvalue weighted by Gasteiger charge is 2.34. The molecule has 20 heavy (non-hydrogen) atoms. The van der Waals surface area contributed by atoms with E-state index in [-0.39, 0.29) is 5.41 Å². The van der Waals surface area contributed by atoms with Crippen LogP contribution in [0.3, 0.4) is 0 Å². The Hall–Kier alpha value is -0.970. The van der Waals surface area contributed by atoms with E-state index in [0.717, 1.165) is 31.5 Å². The minimum absolute atomic E-state index is 0.0953. The number of hydrogen-bond acceptors (Lipinski definition) is 3. The molecule has 1 aliphatic rings. The molecular formula is C14H18Cl2N2O2. The van der Waals surface area contributed by atoms with E-state index in [1.165, 1.54) is 0 Å². The van der Waals surface area contributed by atoms with Gasteiger partial charge in [0.1, 0.15) is 0 Å². The molecule has 6 heteroatoms. The van der Waals surface area contributed by atoms with Crippen molar-refractivity contribution in [2.24, 2.45) is 5.73 Å². The van der Waals surface area contributed by atoms with Crippen LogP contribution in [0, 0.1) is 0 Å². The van der Waals surface area contributed by atoms with Crippen LogP contribution in [0.4, 0.5) is 4.79 Å².